The number of amides is 1. The van der Waals surface area contributed by atoms with E-state index in [-0.39, 0.29) is 12.0 Å². The molecule has 1 amide bonds. The van der Waals surface area contributed by atoms with Gasteiger partial charge in [0.1, 0.15) is 0 Å². The maximum atomic E-state index is 12.6. The molecule has 3 heterocycles. The maximum absolute atomic E-state index is 12.6. The highest BCUT2D eigenvalue weighted by atomic mass is 16.5. The molecule has 0 saturated carbocycles. The van der Waals surface area contributed by atoms with Crippen LogP contribution in [0.3, 0.4) is 0 Å². The Hall–Kier alpha value is -1.51. The largest absolute Gasteiger partial charge is 0.374 e. The average molecular weight is 364 g/mol. The highest BCUT2D eigenvalue weighted by Crippen LogP contribution is 2.20. The Balaban J connectivity index is 1.53. The number of carbonyl (C=O) groups excluding carboxylic acids is 1. The normalized spacial score (nSPS) is 22.7. The van der Waals surface area contributed by atoms with Crippen molar-refractivity contribution in [2.24, 2.45) is 5.92 Å². The van der Waals surface area contributed by atoms with Crippen molar-refractivity contribution in [3.05, 3.63) is 11.4 Å². The molecule has 1 atom stereocenters. The lowest BCUT2D eigenvalue weighted by Crippen LogP contribution is -2.48. The summed E-state index contributed by atoms with van der Waals surface area (Å²) in [5.41, 5.74) is 1.28. The molecule has 2 aliphatic heterocycles. The predicted octanol–water partition coefficient (Wildman–Crippen LogP) is 0.598. The number of nitrogens with zero attached hydrogens (tertiary/aromatic N) is 4. The second-order valence-electron chi connectivity index (χ2n) is 7.81. The first kappa shape index (κ1) is 19.3. The fraction of sp³-hybridized carbons (Fsp3) is 0.833. The van der Waals surface area contributed by atoms with Crippen LogP contribution < -0.4 is 10.6 Å². The van der Waals surface area contributed by atoms with Crippen LogP contribution in [-0.2, 0) is 4.74 Å². The Kier molecular flexibility index (Phi) is 6.61. The molecule has 1 unspecified atom stereocenters. The molecule has 2 aliphatic rings. The van der Waals surface area contributed by atoms with E-state index in [2.05, 4.69) is 39.7 Å². The monoisotopic (exact) mass is 364 g/mol. The van der Waals surface area contributed by atoms with Gasteiger partial charge in [-0.15, -0.1) is 5.10 Å². The molecule has 2 saturated heterocycles. The van der Waals surface area contributed by atoms with Crippen LogP contribution in [0.15, 0.2) is 0 Å². The van der Waals surface area contributed by atoms with E-state index in [9.17, 15) is 4.79 Å². The minimum Gasteiger partial charge on any atom is -0.374 e. The van der Waals surface area contributed by atoms with Gasteiger partial charge in [-0.1, -0.05) is 19.1 Å². The van der Waals surface area contributed by atoms with Crippen molar-refractivity contribution in [1.29, 1.82) is 0 Å². The van der Waals surface area contributed by atoms with Crippen LogP contribution in [0.2, 0.25) is 0 Å². The standard InChI is InChI=1S/C18H32N6O2/c1-13(2)11-23-8-9-26-16(12-23)10-20-18(25)17-14(3)24(22-21-17)15-4-6-19-7-5-15/h13,15-16,19H,4-12H2,1-3H3,(H,20,25). The van der Waals surface area contributed by atoms with Crippen molar-refractivity contribution >= 4 is 5.91 Å². The number of morpholine rings is 1. The lowest BCUT2D eigenvalue weighted by atomic mass is 10.1. The van der Waals surface area contributed by atoms with E-state index in [4.69, 9.17) is 4.74 Å². The molecule has 1 aromatic heterocycles. The minimum atomic E-state index is -0.160. The molecule has 8 heteroatoms. The number of nitrogens with one attached hydrogen (secondary N) is 2. The SMILES string of the molecule is Cc1c(C(=O)NCC2CN(CC(C)C)CCO2)nnn1C1CCNCC1. The van der Waals surface area contributed by atoms with Crippen LogP contribution in [0.1, 0.15) is 48.9 Å². The molecule has 3 rings (SSSR count). The van der Waals surface area contributed by atoms with Crippen molar-refractivity contribution in [1.82, 2.24) is 30.5 Å². The molecule has 0 radical (unpaired) electrons. The fourth-order valence-electron chi connectivity index (χ4n) is 3.83. The number of hydrogen-bond acceptors (Lipinski definition) is 6. The van der Waals surface area contributed by atoms with Gasteiger partial charge in [-0.3, -0.25) is 9.69 Å². The van der Waals surface area contributed by atoms with E-state index < -0.39 is 0 Å². The lowest BCUT2D eigenvalue weighted by Gasteiger charge is -2.33. The topological polar surface area (TPSA) is 84.3 Å². The molecular weight excluding hydrogens is 332 g/mol. The Labute approximate surface area is 155 Å². The third kappa shape index (κ3) is 4.81. The molecule has 0 spiro atoms. The van der Waals surface area contributed by atoms with E-state index in [1.165, 1.54) is 0 Å². The van der Waals surface area contributed by atoms with E-state index in [1.54, 1.807) is 0 Å². The van der Waals surface area contributed by atoms with E-state index in [0.717, 1.165) is 57.9 Å². The van der Waals surface area contributed by atoms with Gasteiger partial charge in [-0.2, -0.15) is 0 Å². The fourth-order valence-corrected chi connectivity index (χ4v) is 3.83. The minimum absolute atomic E-state index is 0.0335. The molecule has 26 heavy (non-hydrogen) atoms. The molecule has 0 aromatic carbocycles. The van der Waals surface area contributed by atoms with Crippen LogP contribution in [-0.4, -0.2) is 77.8 Å². The summed E-state index contributed by atoms with van der Waals surface area (Å²) >= 11 is 0. The molecule has 146 valence electrons. The number of ether oxygens (including phenoxy) is 1. The first-order valence-electron chi connectivity index (χ1n) is 9.79. The predicted molar refractivity (Wildman–Crippen MR) is 99.3 cm³/mol. The number of piperidine rings is 1. The van der Waals surface area contributed by atoms with Crippen LogP contribution in [0.25, 0.3) is 0 Å². The molecular formula is C18H32N6O2. The van der Waals surface area contributed by atoms with Crippen LogP contribution in [0.4, 0.5) is 0 Å². The summed E-state index contributed by atoms with van der Waals surface area (Å²) in [5.74, 6) is 0.475. The zero-order valence-corrected chi connectivity index (χ0v) is 16.2. The first-order valence-corrected chi connectivity index (χ1v) is 9.79. The third-order valence-corrected chi connectivity index (χ3v) is 5.13. The second kappa shape index (κ2) is 8.92. The van der Waals surface area contributed by atoms with Crippen LogP contribution in [0, 0.1) is 12.8 Å². The van der Waals surface area contributed by atoms with Crippen LogP contribution >= 0.6 is 0 Å². The van der Waals surface area contributed by atoms with Gasteiger partial charge in [0.15, 0.2) is 5.69 Å². The highest BCUT2D eigenvalue weighted by Gasteiger charge is 2.25. The number of hydrogen-bond donors (Lipinski definition) is 2. The Morgan fingerprint density at radius 2 is 2.15 bits per heavy atom. The average Bonchev–Trinajstić information content (AvgIpc) is 3.02. The Morgan fingerprint density at radius 3 is 2.88 bits per heavy atom. The van der Waals surface area contributed by atoms with Crippen molar-refractivity contribution in [2.45, 2.75) is 45.8 Å². The summed E-state index contributed by atoms with van der Waals surface area (Å²) in [7, 11) is 0. The Morgan fingerprint density at radius 1 is 1.38 bits per heavy atom. The van der Waals surface area contributed by atoms with E-state index in [1.807, 2.05) is 11.6 Å². The number of rotatable bonds is 6. The summed E-state index contributed by atoms with van der Waals surface area (Å²) in [5, 5.41) is 14.7. The van der Waals surface area contributed by atoms with Crippen molar-refractivity contribution in [3.8, 4) is 0 Å². The first-order chi connectivity index (χ1) is 12.5. The summed E-state index contributed by atoms with van der Waals surface area (Å²) in [6.45, 7) is 12.5. The van der Waals surface area contributed by atoms with E-state index in [0.29, 0.717) is 24.2 Å². The quantitative estimate of drug-likeness (QED) is 0.769. The lowest BCUT2D eigenvalue weighted by molar-refractivity contribution is -0.0295. The highest BCUT2D eigenvalue weighted by molar-refractivity contribution is 5.93. The Bertz CT molecular complexity index is 597. The molecule has 2 fully saturated rings. The zero-order valence-electron chi connectivity index (χ0n) is 16.2. The van der Waals surface area contributed by atoms with Crippen molar-refractivity contribution in [2.75, 3.05) is 45.9 Å². The van der Waals surface area contributed by atoms with Gasteiger partial charge in [0.2, 0.25) is 0 Å². The molecule has 8 nitrogen and oxygen atoms in total. The van der Waals surface area contributed by atoms with E-state index >= 15 is 0 Å². The molecule has 0 bridgehead atoms. The zero-order chi connectivity index (χ0) is 18.5. The third-order valence-electron chi connectivity index (χ3n) is 5.13. The summed E-state index contributed by atoms with van der Waals surface area (Å²) in [6, 6.07) is 0.330. The van der Waals surface area contributed by atoms with Gasteiger partial charge in [0, 0.05) is 26.2 Å². The summed E-state index contributed by atoms with van der Waals surface area (Å²) < 4.78 is 7.72. The van der Waals surface area contributed by atoms with Crippen LogP contribution in [0.5, 0.6) is 0 Å². The maximum Gasteiger partial charge on any atom is 0.273 e. The van der Waals surface area contributed by atoms with Gasteiger partial charge < -0.3 is 15.4 Å². The van der Waals surface area contributed by atoms with Gasteiger partial charge in [0.05, 0.1) is 24.4 Å². The van der Waals surface area contributed by atoms with Crippen molar-refractivity contribution in [3.63, 3.8) is 0 Å². The summed E-state index contributed by atoms with van der Waals surface area (Å²) in [4.78, 5) is 15.0. The molecule has 0 aliphatic carbocycles. The smallest absolute Gasteiger partial charge is 0.273 e. The molecule has 1 aromatic rings. The van der Waals surface area contributed by atoms with Crippen molar-refractivity contribution < 1.29 is 9.53 Å². The summed E-state index contributed by atoms with van der Waals surface area (Å²) in [6.07, 6.45) is 2.07. The van der Waals surface area contributed by atoms with Gasteiger partial charge >= 0.3 is 0 Å². The number of carbonyl (C=O) groups is 1. The number of aromatic nitrogens is 3. The molecule has 2 N–H and O–H groups in total. The van der Waals surface area contributed by atoms with Gasteiger partial charge in [-0.25, -0.2) is 4.68 Å². The second-order valence-corrected chi connectivity index (χ2v) is 7.81. The van der Waals surface area contributed by atoms with Gasteiger partial charge in [0.25, 0.3) is 5.91 Å². The van der Waals surface area contributed by atoms with Gasteiger partial charge in [-0.05, 0) is 38.8 Å².